The van der Waals surface area contributed by atoms with E-state index in [0.717, 1.165) is 18.1 Å². The molecule has 2 heterocycles. The lowest BCUT2D eigenvalue weighted by Gasteiger charge is -2.21. The third-order valence-corrected chi connectivity index (χ3v) is 4.54. The van der Waals surface area contributed by atoms with E-state index in [-0.39, 0.29) is 23.3 Å². The first-order chi connectivity index (χ1) is 8.93. The number of hydrogen-bond donors (Lipinski definition) is 2. The topological polar surface area (TPSA) is 82.5 Å². The van der Waals surface area contributed by atoms with Crippen LogP contribution >= 0.6 is 11.5 Å². The molecule has 0 bridgehead atoms. The fourth-order valence-electron chi connectivity index (χ4n) is 2.32. The zero-order chi connectivity index (χ0) is 14.2. The van der Waals surface area contributed by atoms with Crippen molar-refractivity contribution >= 4 is 28.4 Å². The Labute approximate surface area is 115 Å². The molecule has 1 fully saturated rings. The molecule has 1 saturated heterocycles. The number of carbonyl (C=O) groups excluding carboxylic acids is 1. The lowest BCUT2D eigenvalue weighted by atomic mass is 9.97. The number of nitrogens with zero attached hydrogens (tertiary/aromatic N) is 2. The summed E-state index contributed by atoms with van der Waals surface area (Å²) >= 11 is 1.05. The molecule has 1 aromatic heterocycles. The first-order valence-corrected chi connectivity index (χ1v) is 6.88. The molecule has 0 unspecified atom stereocenters. The van der Waals surface area contributed by atoms with Crippen molar-refractivity contribution in [1.82, 2.24) is 9.69 Å². The minimum absolute atomic E-state index is 0.0522. The van der Waals surface area contributed by atoms with E-state index < -0.39 is 5.97 Å². The molecule has 1 aliphatic rings. The summed E-state index contributed by atoms with van der Waals surface area (Å²) in [4.78, 5) is 25.1. The van der Waals surface area contributed by atoms with Crippen molar-refractivity contribution in [3.8, 4) is 0 Å². The van der Waals surface area contributed by atoms with Gasteiger partial charge in [0.05, 0.1) is 11.6 Å². The quantitative estimate of drug-likeness (QED) is 0.863. The minimum atomic E-state index is -1.04. The maximum absolute atomic E-state index is 12.4. The van der Waals surface area contributed by atoms with Crippen LogP contribution in [0, 0.1) is 18.8 Å². The highest BCUT2D eigenvalue weighted by Crippen LogP contribution is 2.30. The Morgan fingerprint density at radius 1 is 1.47 bits per heavy atom. The maximum atomic E-state index is 12.4. The number of aromatic nitrogens is 1. The van der Waals surface area contributed by atoms with Gasteiger partial charge >= 0.3 is 5.97 Å². The van der Waals surface area contributed by atoms with E-state index in [1.165, 1.54) is 4.90 Å². The molecular formula is C12H17N3O3S. The molecule has 2 atom stereocenters. The molecule has 7 heteroatoms. The first-order valence-electron chi connectivity index (χ1n) is 6.11. The van der Waals surface area contributed by atoms with Gasteiger partial charge in [-0.05, 0) is 30.9 Å². The predicted molar refractivity (Wildman–Crippen MR) is 72.7 cm³/mol. The summed E-state index contributed by atoms with van der Waals surface area (Å²) in [5.74, 6) is -0.937. The molecule has 2 N–H and O–H groups in total. The Morgan fingerprint density at radius 3 is 2.68 bits per heavy atom. The van der Waals surface area contributed by atoms with Crippen LogP contribution in [0.25, 0.3) is 0 Å². The Bertz CT molecular complexity index is 514. The number of aryl methyl sites for hydroxylation is 1. The molecule has 0 saturated carbocycles. The molecule has 0 aromatic carbocycles. The van der Waals surface area contributed by atoms with Crippen LogP contribution in [0.3, 0.4) is 0 Å². The monoisotopic (exact) mass is 283 g/mol. The first kappa shape index (κ1) is 14.0. The number of nitrogens with one attached hydrogen (secondary N) is 1. The smallest absolute Gasteiger partial charge is 0.340 e. The molecule has 0 radical (unpaired) electrons. The summed E-state index contributed by atoms with van der Waals surface area (Å²) in [7, 11) is 1.62. The van der Waals surface area contributed by atoms with E-state index in [1.54, 1.807) is 14.0 Å². The molecule has 0 spiro atoms. The number of amides is 1. The highest BCUT2D eigenvalue weighted by Gasteiger charge is 2.34. The second-order valence-corrected chi connectivity index (χ2v) is 5.64. The van der Waals surface area contributed by atoms with Crippen molar-refractivity contribution < 1.29 is 14.7 Å². The second-order valence-electron chi connectivity index (χ2n) is 4.89. The van der Waals surface area contributed by atoms with Crippen LogP contribution in [0.4, 0.5) is 5.00 Å². The van der Waals surface area contributed by atoms with Crippen molar-refractivity contribution in [1.29, 1.82) is 0 Å². The van der Waals surface area contributed by atoms with Gasteiger partial charge in [-0.1, -0.05) is 6.92 Å². The van der Waals surface area contributed by atoms with Gasteiger partial charge in [0.2, 0.25) is 5.91 Å². The Balaban J connectivity index is 2.27. The maximum Gasteiger partial charge on any atom is 0.340 e. The van der Waals surface area contributed by atoms with Gasteiger partial charge in [-0.25, -0.2) is 4.79 Å². The van der Waals surface area contributed by atoms with Crippen LogP contribution in [0.15, 0.2) is 0 Å². The minimum Gasteiger partial charge on any atom is -0.478 e. The number of carboxylic acid groups (broad SMARTS) is 1. The van der Waals surface area contributed by atoms with Crippen LogP contribution in [0.5, 0.6) is 0 Å². The second kappa shape index (κ2) is 5.26. The predicted octanol–water partition coefficient (Wildman–Crippen LogP) is 0.968. The van der Waals surface area contributed by atoms with Gasteiger partial charge in [0.1, 0.15) is 10.6 Å². The number of hydrogen-bond acceptors (Lipinski definition) is 5. The zero-order valence-corrected chi connectivity index (χ0v) is 12.0. The molecule has 2 rings (SSSR count). The van der Waals surface area contributed by atoms with Crippen molar-refractivity contribution in [2.24, 2.45) is 11.8 Å². The number of aromatic carboxylic acids is 1. The summed E-state index contributed by atoms with van der Waals surface area (Å²) in [5, 5.41) is 12.8. The third kappa shape index (κ3) is 2.48. The van der Waals surface area contributed by atoms with Crippen LogP contribution in [-0.4, -0.2) is 41.5 Å². The highest BCUT2D eigenvalue weighted by molar-refractivity contribution is 7.11. The molecule has 19 heavy (non-hydrogen) atoms. The van der Waals surface area contributed by atoms with Crippen molar-refractivity contribution in [2.75, 3.05) is 25.0 Å². The summed E-state index contributed by atoms with van der Waals surface area (Å²) < 4.78 is 4.04. The normalized spacial score (nSPS) is 22.5. The molecular weight excluding hydrogens is 266 g/mol. The highest BCUT2D eigenvalue weighted by atomic mass is 32.1. The summed E-state index contributed by atoms with van der Waals surface area (Å²) in [6.07, 6.45) is 0. The standard InChI is InChI=1S/C12H17N3O3S/c1-6-4-13-5-8(6)10(16)15(3)11-9(12(17)18)7(2)14-19-11/h6,8,13H,4-5H2,1-3H3,(H,17,18)/t6-,8-/m1/s1. The fourth-order valence-corrected chi connectivity index (χ4v) is 3.18. The molecule has 1 aliphatic heterocycles. The van der Waals surface area contributed by atoms with Gasteiger partial charge in [-0.2, -0.15) is 4.37 Å². The molecule has 6 nitrogen and oxygen atoms in total. The Morgan fingerprint density at radius 2 is 2.16 bits per heavy atom. The number of anilines is 1. The van der Waals surface area contributed by atoms with E-state index in [9.17, 15) is 14.7 Å². The van der Waals surface area contributed by atoms with Crippen LogP contribution in [0.1, 0.15) is 23.0 Å². The van der Waals surface area contributed by atoms with E-state index in [0.29, 0.717) is 17.2 Å². The van der Waals surface area contributed by atoms with Crippen molar-refractivity contribution in [3.63, 3.8) is 0 Å². The van der Waals surface area contributed by atoms with Gasteiger partial charge in [0.15, 0.2) is 0 Å². The SMILES string of the molecule is Cc1nsc(N(C)C(=O)[C@@H]2CNC[C@H]2C)c1C(=O)O. The Hall–Kier alpha value is -1.47. The van der Waals surface area contributed by atoms with E-state index in [4.69, 9.17) is 0 Å². The van der Waals surface area contributed by atoms with Gasteiger partial charge in [-0.15, -0.1) is 0 Å². The number of rotatable bonds is 3. The third-order valence-electron chi connectivity index (χ3n) is 3.53. The molecule has 104 valence electrons. The average molecular weight is 283 g/mol. The molecule has 0 aliphatic carbocycles. The zero-order valence-electron chi connectivity index (χ0n) is 11.1. The van der Waals surface area contributed by atoms with Gasteiger partial charge in [0, 0.05) is 13.6 Å². The lowest BCUT2D eigenvalue weighted by Crippen LogP contribution is -2.36. The van der Waals surface area contributed by atoms with E-state index in [2.05, 4.69) is 9.69 Å². The van der Waals surface area contributed by atoms with Gasteiger partial charge in [0.25, 0.3) is 0 Å². The van der Waals surface area contributed by atoms with E-state index in [1.807, 2.05) is 6.92 Å². The summed E-state index contributed by atoms with van der Waals surface area (Å²) in [6.45, 7) is 5.12. The van der Waals surface area contributed by atoms with Crippen LogP contribution in [-0.2, 0) is 4.79 Å². The average Bonchev–Trinajstić information content (AvgIpc) is 2.93. The lowest BCUT2D eigenvalue weighted by molar-refractivity contribution is -0.122. The fraction of sp³-hybridized carbons (Fsp3) is 0.583. The van der Waals surface area contributed by atoms with E-state index >= 15 is 0 Å². The Kier molecular flexibility index (Phi) is 3.86. The van der Waals surface area contributed by atoms with Gasteiger partial charge < -0.3 is 15.3 Å². The summed E-state index contributed by atoms with van der Waals surface area (Å²) in [5.41, 5.74) is 0.573. The number of carbonyl (C=O) groups is 2. The molecule has 1 aromatic rings. The molecule has 1 amide bonds. The number of carboxylic acids is 1. The largest absolute Gasteiger partial charge is 0.478 e. The van der Waals surface area contributed by atoms with Crippen molar-refractivity contribution in [2.45, 2.75) is 13.8 Å². The summed E-state index contributed by atoms with van der Waals surface area (Å²) in [6, 6.07) is 0. The van der Waals surface area contributed by atoms with Crippen molar-refractivity contribution in [3.05, 3.63) is 11.3 Å². The van der Waals surface area contributed by atoms with Crippen LogP contribution in [0.2, 0.25) is 0 Å². The van der Waals surface area contributed by atoms with Crippen LogP contribution < -0.4 is 10.2 Å². The van der Waals surface area contributed by atoms with Gasteiger partial charge in [-0.3, -0.25) is 4.79 Å².